The first kappa shape index (κ1) is 9.40. The van der Waals surface area contributed by atoms with Crippen molar-refractivity contribution in [1.29, 1.82) is 0 Å². The molecule has 2 fully saturated rings. The molecule has 1 N–H and O–H groups in total. The summed E-state index contributed by atoms with van der Waals surface area (Å²) in [7, 11) is 0. The van der Waals surface area contributed by atoms with Gasteiger partial charge in [0.2, 0.25) is 0 Å². The largest absolute Gasteiger partial charge is 0.394 e. The zero-order valence-electron chi connectivity index (χ0n) is 7.86. The molecule has 2 heterocycles. The molecule has 0 radical (unpaired) electrons. The van der Waals surface area contributed by atoms with Crippen molar-refractivity contribution in [2.24, 2.45) is 5.92 Å². The number of hydrogen-bond donors (Lipinski definition) is 1. The lowest BCUT2D eigenvalue weighted by Crippen LogP contribution is -2.37. The summed E-state index contributed by atoms with van der Waals surface area (Å²) in [5.74, 6) is -0.228. The van der Waals surface area contributed by atoms with Gasteiger partial charge in [0.25, 0.3) is 0 Å². The Hall–Kier alpha value is -0.160. The summed E-state index contributed by atoms with van der Waals surface area (Å²) in [5.41, 5.74) is 0. The van der Waals surface area contributed by atoms with E-state index in [1.54, 1.807) is 0 Å². The van der Waals surface area contributed by atoms with Crippen molar-refractivity contribution >= 4 is 0 Å². The van der Waals surface area contributed by atoms with Crippen molar-refractivity contribution in [2.75, 3.05) is 26.4 Å². The van der Waals surface area contributed by atoms with Crippen LogP contribution in [0.4, 0.5) is 0 Å². The summed E-state index contributed by atoms with van der Waals surface area (Å²) in [4.78, 5) is 0. The maximum Gasteiger partial charge on any atom is 0.171 e. The van der Waals surface area contributed by atoms with Crippen LogP contribution in [0.3, 0.4) is 0 Å². The predicted octanol–water partition coefficient (Wildman–Crippen LogP) is 0.147. The molecule has 2 aliphatic heterocycles. The maximum atomic E-state index is 8.90. The van der Waals surface area contributed by atoms with E-state index in [-0.39, 0.29) is 12.7 Å². The van der Waals surface area contributed by atoms with Crippen LogP contribution >= 0.6 is 0 Å². The molecule has 2 aliphatic rings. The molecule has 0 aliphatic carbocycles. The van der Waals surface area contributed by atoms with Gasteiger partial charge in [0.05, 0.1) is 19.8 Å². The van der Waals surface area contributed by atoms with Crippen molar-refractivity contribution < 1.29 is 19.3 Å². The van der Waals surface area contributed by atoms with Gasteiger partial charge in [0.15, 0.2) is 5.79 Å². The van der Waals surface area contributed by atoms with Gasteiger partial charge >= 0.3 is 0 Å². The molecule has 76 valence electrons. The van der Waals surface area contributed by atoms with Crippen LogP contribution in [0.2, 0.25) is 0 Å². The smallest absolute Gasteiger partial charge is 0.171 e. The second-order valence-electron chi connectivity index (χ2n) is 3.81. The Kier molecular flexibility index (Phi) is 2.55. The summed E-state index contributed by atoms with van der Waals surface area (Å²) >= 11 is 0. The van der Waals surface area contributed by atoms with Gasteiger partial charge in [-0.05, 0) is 13.3 Å². The van der Waals surface area contributed by atoms with Crippen molar-refractivity contribution in [1.82, 2.24) is 0 Å². The Bertz CT molecular complexity index is 178. The van der Waals surface area contributed by atoms with Gasteiger partial charge in [-0.3, -0.25) is 0 Å². The van der Waals surface area contributed by atoms with E-state index in [2.05, 4.69) is 0 Å². The zero-order valence-corrected chi connectivity index (χ0v) is 7.86. The molecule has 2 rings (SSSR count). The molecular formula is C9H16O4. The Morgan fingerprint density at radius 1 is 1.46 bits per heavy atom. The van der Waals surface area contributed by atoms with Gasteiger partial charge in [-0.15, -0.1) is 0 Å². The molecule has 3 atom stereocenters. The van der Waals surface area contributed by atoms with Crippen LogP contribution in [0.15, 0.2) is 0 Å². The Morgan fingerprint density at radius 2 is 2.31 bits per heavy atom. The summed E-state index contributed by atoms with van der Waals surface area (Å²) < 4.78 is 16.5. The van der Waals surface area contributed by atoms with Gasteiger partial charge in [0.1, 0.15) is 6.10 Å². The average Bonchev–Trinajstić information content (AvgIpc) is 2.72. The van der Waals surface area contributed by atoms with Crippen molar-refractivity contribution in [3.05, 3.63) is 0 Å². The highest BCUT2D eigenvalue weighted by Crippen LogP contribution is 2.35. The lowest BCUT2D eigenvalue weighted by molar-refractivity contribution is -0.193. The van der Waals surface area contributed by atoms with Gasteiger partial charge < -0.3 is 19.3 Å². The van der Waals surface area contributed by atoms with E-state index in [0.29, 0.717) is 19.1 Å². The summed E-state index contributed by atoms with van der Waals surface area (Å²) in [6.07, 6.45) is 0.819. The molecule has 0 aromatic carbocycles. The molecule has 13 heavy (non-hydrogen) atoms. The Balaban J connectivity index is 1.96. The van der Waals surface area contributed by atoms with E-state index in [9.17, 15) is 0 Å². The lowest BCUT2D eigenvalue weighted by Gasteiger charge is -2.28. The zero-order chi connectivity index (χ0) is 9.31. The third-order valence-corrected chi connectivity index (χ3v) is 2.83. The summed E-state index contributed by atoms with van der Waals surface area (Å²) in [5, 5.41) is 8.90. The van der Waals surface area contributed by atoms with E-state index in [1.807, 2.05) is 6.92 Å². The highest BCUT2D eigenvalue weighted by atomic mass is 16.7. The number of rotatable bonds is 2. The minimum absolute atomic E-state index is 0.0309. The molecule has 2 saturated heterocycles. The van der Waals surface area contributed by atoms with E-state index in [4.69, 9.17) is 19.3 Å². The number of aliphatic hydroxyl groups is 1. The Morgan fingerprint density at radius 3 is 2.85 bits per heavy atom. The molecule has 0 saturated carbocycles. The van der Waals surface area contributed by atoms with Gasteiger partial charge in [-0.2, -0.15) is 0 Å². The first-order valence-electron chi connectivity index (χ1n) is 4.75. The Labute approximate surface area is 77.8 Å². The fourth-order valence-electron chi connectivity index (χ4n) is 1.91. The lowest BCUT2D eigenvalue weighted by atomic mass is 10.00. The second kappa shape index (κ2) is 3.53. The quantitative estimate of drug-likeness (QED) is 0.670. The third kappa shape index (κ3) is 1.72. The van der Waals surface area contributed by atoms with Crippen molar-refractivity contribution in [2.45, 2.75) is 25.2 Å². The predicted molar refractivity (Wildman–Crippen MR) is 45.2 cm³/mol. The van der Waals surface area contributed by atoms with Crippen molar-refractivity contribution in [3.63, 3.8) is 0 Å². The van der Waals surface area contributed by atoms with Crippen LogP contribution in [0.25, 0.3) is 0 Å². The minimum atomic E-state index is -0.538. The molecular weight excluding hydrogens is 172 g/mol. The highest BCUT2D eigenvalue weighted by Gasteiger charge is 2.45. The molecule has 0 bridgehead atoms. The second-order valence-corrected chi connectivity index (χ2v) is 3.81. The van der Waals surface area contributed by atoms with Crippen LogP contribution < -0.4 is 0 Å². The minimum Gasteiger partial charge on any atom is -0.394 e. The van der Waals surface area contributed by atoms with E-state index < -0.39 is 5.79 Å². The van der Waals surface area contributed by atoms with E-state index >= 15 is 0 Å². The highest BCUT2D eigenvalue weighted by molar-refractivity contribution is 4.84. The molecule has 0 aromatic rings. The molecule has 4 nitrogen and oxygen atoms in total. The van der Waals surface area contributed by atoms with Crippen LogP contribution in [0, 0.1) is 5.92 Å². The maximum absolute atomic E-state index is 8.90. The number of aliphatic hydroxyl groups excluding tert-OH is 1. The van der Waals surface area contributed by atoms with Crippen LogP contribution in [0.1, 0.15) is 13.3 Å². The van der Waals surface area contributed by atoms with E-state index in [0.717, 1.165) is 13.0 Å². The molecule has 0 amide bonds. The molecule has 0 spiro atoms. The SMILES string of the molecule is CC1(C2CCOC2)OCC(CO)O1. The third-order valence-electron chi connectivity index (χ3n) is 2.83. The van der Waals surface area contributed by atoms with Gasteiger partial charge in [-0.1, -0.05) is 0 Å². The average molecular weight is 188 g/mol. The summed E-state index contributed by atoms with van der Waals surface area (Å²) in [6.45, 7) is 3.94. The normalized spacial score (nSPS) is 45.7. The molecule has 3 unspecified atom stereocenters. The fraction of sp³-hybridized carbons (Fsp3) is 1.00. The first-order chi connectivity index (χ1) is 6.24. The molecule has 0 aromatic heterocycles. The van der Waals surface area contributed by atoms with Crippen molar-refractivity contribution in [3.8, 4) is 0 Å². The van der Waals surface area contributed by atoms with Gasteiger partial charge in [0, 0.05) is 12.5 Å². The van der Waals surface area contributed by atoms with E-state index in [1.165, 1.54) is 0 Å². The van der Waals surface area contributed by atoms with Gasteiger partial charge in [-0.25, -0.2) is 0 Å². The molecule has 4 heteroatoms. The standard InChI is InChI=1S/C9H16O4/c1-9(7-2-3-11-5-7)12-6-8(4-10)13-9/h7-8,10H,2-6H2,1H3. The van der Waals surface area contributed by atoms with Crippen LogP contribution in [0.5, 0.6) is 0 Å². The van der Waals surface area contributed by atoms with Crippen LogP contribution in [-0.4, -0.2) is 43.4 Å². The number of ether oxygens (including phenoxy) is 3. The topological polar surface area (TPSA) is 47.9 Å². The van der Waals surface area contributed by atoms with Crippen LogP contribution in [-0.2, 0) is 14.2 Å². The monoisotopic (exact) mass is 188 g/mol. The summed E-state index contributed by atoms with van der Waals surface area (Å²) in [6, 6.07) is 0. The fourth-order valence-corrected chi connectivity index (χ4v) is 1.91. The first-order valence-corrected chi connectivity index (χ1v) is 4.75. The number of hydrogen-bond acceptors (Lipinski definition) is 4.